The van der Waals surface area contributed by atoms with E-state index in [-0.39, 0.29) is 23.1 Å². The number of methoxy groups -OCH3 is 2. The minimum absolute atomic E-state index is 0.0220. The summed E-state index contributed by atoms with van der Waals surface area (Å²) in [6, 6.07) is 0. The maximum atomic E-state index is 12.8. The number of carbonyl (C=O) groups excluding carboxylic acids is 2. The second-order valence-corrected chi connectivity index (χ2v) is 10.6. The summed E-state index contributed by atoms with van der Waals surface area (Å²) < 4.78 is 10.2. The zero-order valence-corrected chi connectivity index (χ0v) is 25.7. The highest BCUT2D eigenvalue weighted by atomic mass is 16.5. The summed E-state index contributed by atoms with van der Waals surface area (Å²) in [5, 5.41) is 8.91. The van der Waals surface area contributed by atoms with Gasteiger partial charge in [-0.2, -0.15) is 0 Å². The average Bonchev–Trinajstić information content (AvgIpc) is 2.90. The van der Waals surface area contributed by atoms with Gasteiger partial charge >= 0.3 is 5.97 Å². The van der Waals surface area contributed by atoms with Gasteiger partial charge in [-0.05, 0) is 99.3 Å². The number of aliphatic carboxylic acids is 1. The number of carboxylic acids is 1. The molecule has 40 heavy (non-hydrogen) atoms. The molecule has 0 radical (unpaired) electrons. The number of ketones is 2. The van der Waals surface area contributed by atoms with E-state index >= 15 is 0 Å². The second-order valence-electron chi connectivity index (χ2n) is 10.6. The van der Waals surface area contributed by atoms with Crippen molar-refractivity contribution in [2.75, 3.05) is 14.2 Å². The van der Waals surface area contributed by atoms with Crippen LogP contribution in [0, 0.1) is 0 Å². The lowest BCUT2D eigenvalue weighted by Gasteiger charge is -2.19. The van der Waals surface area contributed by atoms with E-state index in [0.717, 1.165) is 51.4 Å². The molecule has 0 aliphatic heterocycles. The Labute approximate surface area is 240 Å². The highest BCUT2D eigenvalue weighted by Crippen LogP contribution is 2.28. The molecule has 1 N–H and O–H groups in total. The number of carboxylic acid groups (broad SMARTS) is 1. The van der Waals surface area contributed by atoms with Crippen molar-refractivity contribution >= 4 is 17.5 Å². The van der Waals surface area contributed by atoms with Crippen LogP contribution < -0.4 is 0 Å². The fraction of sp³-hybridized carbons (Fsp3) is 0.500. The van der Waals surface area contributed by atoms with Crippen molar-refractivity contribution in [3.8, 4) is 0 Å². The molecular formula is C34H48O6. The molecule has 1 aliphatic rings. The van der Waals surface area contributed by atoms with E-state index in [0.29, 0.717) is 23.1 Å². The molecule has 0 spiro atoms. The lowest BCUT2D eigenvalue weighted by Crippen LogP contribution is -2.24. The van der Waals surface area contributed by atoms with Gasteiger partial charge in [-0.25, -0.2) is 4.79 Å². The zero-order chi connectivity index (χ0) is 30.2. The first-order chi connectivity index (χ1) is 18.9. The molecule has 1 aliphatic carbocycles. The fourth-order valence-corrected chi connectivity index (χ4v) is 4.36. The minimum Gasteiger partial charge on any atom is -0.489 e. The SMILES string of the molecule is COC1=C(OC)C(=O)C(CC=C(C)CCC=C(C)CCC=C(C)CCC=C(C)CCC=C(C)C(=O)O)=C(C)C1=O. The topological polar surface area (TPSA) is 89.9 Å². The molecule has 1 rings (SSSR count). The van der Waals surface area contributed by atoms with E-state index in [9.17, 15) is 14.4 Å². The molecule has 0 unspecified atom stereocenters. The molecule has 0 amide bonds. The van der Waals surface area contributed by atoms with Crippen LogP contribution in [0.3, 0.4) is 0 Å². The van der Waals surface area contributed by atoms with Crippen molar-refractivity contribution in [1.29, 1.82) is 0 Å². The monoisotopic (exact) mass is 552 g/mol. The molecule has 0 fully saturated rings. The van der Waals surface area contributed by atoms with Crippen LogP contribution in [0.5, 0.6) is 0 Å². The van der Waals surface area contributed by atoms with Crippen LogP contribution in [0.4, 0.5) is 0 Å². The van der Waals surface area contributed by atoms with Crippen molar-refractivity contribution < 1.29 is 29.0 Å². The highest BCUT2D eigenvalue weighted by molar-refractivity contribution is 6.23. The van der Waals surface area contributed by atoms with Crippen molar-refractivity contribution in [3.05, 3.63) is 80.9 Å². The van der Waals surface area contributed by atoms with Gasteiger partial charge in [0.1, 0.15) is 0 Å². The molecule has 0 aromatic rings. The maximum absolute atomic E-state index is 12.8. The van der Waals surface area contributed by atoms with Gasteiger partial charge in [0.15, 0.2) is 0 Å². The van der Waals surface area contributed by atoms with Crippen LogP contribution >= 0.6 is 0 Å². The van der Waals surface area contributed by atoms with Crippen LogP contribution in [0.1, 0.15) is 99.3 Å². The Morgan fingerprint density at radius 3 is 1.43 bits per heavy atom. The number of hydrogen-bond donors (Lipinski definition) is 1. The van der Waals surface area contributed by atoms with Gasteiger partial charge < -0.3 is 14.6 Å². The van der Waals surface area contributed by atoms with Gasteiger partial charge in [0, 0.05) is 16.7 Å². The minimum atomic E-state index is -0.850. The molecule has 0 aromatic heterocycles. The average molecular weight is 553 g/mol. The summed E-state index contributed by atoms with van der Waals surface area (Å²) in [6.07, 6.45) is 18.6. The Morgan fingerprint density at radius 1 is 0.650 bits per heavy atom. The molecule has 0 saturated heterocycles. The van der Waals surface area contributed by atoms with E-state index in [1.165, 1.54) is 36.5 Å². The van der Waals surface area contributed by atoms with Gasteiger partial charge in [-0.15, -0.1) is 0 Å². The molecular weight excluding hydrogens is 504 g/mol. The second kappa shape index (κ2) is 18.0. The Morgan fingerprint density at radius 2 is 1.02 bits per heavy atom. The molecule has 0 saturated carbocycles. The fourth-order valence-electron chi connectivity index (χ4n) is 4.36. The van der Waals surface area contributed by atoms with Crippen molar-refractivity contribution in [2.45, 2.75) is 99.3 Å². The third-order valence-electron chi connectivity index (χ3n) is 7.17. The van der Waals surface area contributed by atoms with E-state index in [1.54, 1.807) is 19.9 Å². The first-order valence-corrected chi connectivity index (χ1v) is 14.1. The predicted molar refractivity (Wildman–Crippen MR) is 162 cm³/mol. The lowest BCUT2D eigenvalue weighted by atomic mass is 9.90. The smallest absolute Gasteiger partial charge is 0.330 e. The normalized spacial score (nSPS) is 16.2. The molecule has 0 bridgehead atoms. The van der Waals surface area contributed by atoms with Crippen LogP contribution in [0.2, 0.25) is 0 Å². The van der Waals surface area contributed by atoms with Gasteiger partial charge in [0.25, 0.3) is 0 Å². The zero-order valence-electron chi connectivity index (χ0n) is 25.7. The van der Waals surface area contributed by atoms with Crippen molar-refractivity contribution in [2.24, 2.45) is 0 Å². The summed E-state index contributed by atoms with van der Waals surface area (Å²) in [6.45, 7) is 11.8. The van der Waals surface area contributed by atoms with E-state index in [4.69, 9.17) is 14.6 Å². The van der Waals surface area contributed by atoms with E-state index in [1.807, 2.05) is 6.08 Å². The summed E-state index contributed by atoms with van der Waals surface area (Å²) in [4.78, 5) is 36.1. The summed E-state index contributed by atoms with van der Waals surface area (Å²) in [7, 11) is 2.74. The standard InChI is InChI=1S/C34H48O6/c1-23(15-10-16-25(3)19-12-20-27(5)34(37)38)13-9-14-24(2)17-11-18-26(4)21-22-29-28(6)30(35)32(39-7)33(40-8)31(29)36/h13,16-17,20-21H,9-12,14-15,18-19,22H2,1-8H3,(H,37,38). The molecule has 6 nitrogen and oxygen atoms in total. The summed E-state index contributed by atoms with van der Waals surface area (Å²) in [5.41, 5.74) is 6.52. The number of hydrogen-bond acceptors (Lipinski definition) is 5. The largest absolute Gasteiger partial charge is 0.489 e. The summed E-state index contributed by atoms with van der Waals surface area (Å²) >= 11 is 0. The van der Waals surface area contributed by atoms with Crippen LogP contribution in [-0.4, -0.2) is 36.9 Å². The third-order valence-corrected chi connectivity index (χ3v) is 7.17. The first-order valence-electron chi connectivity index (χ1n) is 14.1. The van der Waals surface area contributed by atoms with Crippen molar-refractivity contribution in [1.82, 2.24) is 0 Å². The van der Waals surface area contributed by atoms with Gasteiger partial charge in [-0.3, -0.25) is 9.59 Å². The summed E-state index contributed by atoms with van der Waals surface area (Å²) in [5.74, 6) is -1.48. The number of carbonyl (C=O) groups is 3. The Balaban J connectivity index is 2.46. The Hall–Kier alpha value is -3.41. The number of Topliss-reactive ketones (excluding diaryl/α,β-unsaturated/α-hetero) is 2. The van der Waals surface area contributed by atoms with Crippen LogP contribution in [-0.2, 0) is 23.9 Å². The molecule has 0 aromatic carbocycles. The highest BCUT2D eigenvalue weighted by Gasteiger charge is 2.34. The predicted octanol–water partition coefficient (Wildman–Crippen LogP) is 8.29. The first kappa shape index (κ1) is 34.6. The quantitative estimate of drug-likeness (QED) is 0.111. The number of ether oxygens (including phenoxy) is 2. The third kappa shape index (κ3) is 11.8. The number of rotatable bonds is 17. The Bertz CT molecular complexity index is 1150. The lowest BCUT2D eigenvalue weighted by molar-refractivity contribution is -0.132. The van der Waals surface area contributed by atoms with Crippen LogP contribution in [0.25, 0.3) is 0 Å². The van der Waals surface area contributed by atoms with E-state index < -0.39 is 5.97 Å². The van der Waals surface area contributed by atoms with Gasteiger partial charge in [-0.1, -0.05) is 52.7 Å². The maximum Gasteiger partial charge on any atom is 0.330 e. The number of allylic oxidation sites excluding steroid dienone is 11. The molecule has 0 atom stereocenters. The Kier molecular flexibility index (Phi) is 15.6. The van der Waals surface area contributed by atoms with E-state index in [2.05, 4.69) is 45.9 Å². The molecule has 0 heterocycles. The molecule has 6 heteroatoms. The van der Waals surface area contributed by atoms with Gasteiger partial charge in [0.2, 0.25) is 23.1 Å². The van der Waals surface area contributed by atoms with Crippen molar-refractivity contribution in [3.63, 3.8) is 0 Å². The van der Waals surface area contributed by atoms with Gasteiger partial charge in [0.05, 0.1) is 14.2 Å². The molecule has 220 valence electrons. The van der Waals surface area contributed by atoms with Crippen LogP contribution in [0.15, 0.2) is 80.9 Å².